The van der Waals surface area contributed by atoms with E-state index < -0.39 is 0 Å². The van der Waals surface area contributed by atoms with Gasteiger partial charge in [0, 0.05) is 19.5 Å². The molecule has 0 fully saturated rings. The molecule has 21 heavy (non-hydrogen) atoms. The first kappa shape index (κ1) is 15.2. The largest absolute Gasteiger partial charge is 0.489 e. The number of carbonyl (C=O) groups is 1. The lowest BCUT2D eigenvalue weighted by molar-refractivity contribution is -0.121. The zero-order valence-electron chi connectivity index (χ0n) is 12.7. The molecule has 1 heterocycles. The summed E-state index contributed by atoms with van der Waals surface area (Å²) in [5.41, 5.74) is 7.60. The van der Waals surface area contributed by atoms with Crippen LogP contribution in [0, 0.1) is 0 Å². The van der Waals surface area contributed by atoms with Crippen LogP contribution in [0.1, 0.15) is 27.2 Å². The maximum atomic E-state index is 11.6. The molecule has 2 aromatic rings. The van der Waals surface area contributed by atoms with E-state index in [2.05, 4.69) is 10.3 Å². The highest BCUT2D eigenvalue weighted by atomic mass is 16.5. The Morgan fingerprint density at radius 3 is 2.90 bits per heavy atom. The van der Waals surface area contributed by atoms with E-state index in [-0.39, 0.29) is 12.0 Å². The van der Waals surface area contributed by atoms with Crippen molar-refractivity contribution in [2.75, 3.05) is 12.3 Å². The number of amides is 1. The predicted octanol–water partition coefficient (Wildman–Crippen LogP) is 1.93. The molecule has 1 aromatic heterocycles. The summed E-state index contributed by atoms with van der Waals surface area (Å²) in [6.45, 7) is 6.96. The molecule has 0 aliphatic rings. The third-order valence-electron chi connectivity index (χ3n) is 3.07. The van der Waals surface area contributed by atoms with Crippen molar-refractivity contribution in [3.63, 3.8) is 0 Å². The second-order valence-electron chi connectivity index (χ2n) is 5.12. The molecule has 1 amide bonds. The standard InChI is InChI=1S/C15H22N4O2/c1-4-17-13(20)8-9-19-11-6-5-7-12(21-10(2)3)14(11)18-15(19)16/h5-7,10H,4,8-9H2,1-3H3,(H2,16,18)(H,17,20). The highest BCUT2D eigenvalue weighted by Crippen LogP contribution is 2.27. The summed E-state index contributed by atoms with van der Waals surface area (Å²) in [7, 11) is 0. The highest BCUT2D eigenvalue weighted by Gasteiger charge is 2.14. The first-order chi connectivity index (χ1) is 10.0. The number of rotatable bonds is 6. The SMILES string of the molecule is CCNC(=O)CCn1c(N)nc2c(OC(C)C)cccc21. The number of ether oxygens (including phenoxy) is 1. The highest BCUT2D eigenvalue weighted by molar-refractivity contribution is 5.84. The van der Waals surface area contributed by atoms with Crippen molar-refractivity contribution in [1.29, 1.82) is 0 Å². The van der Waals surface area contributed by atoms with Crippen LogP contribution >= 0.6 is 0 Å². The van der Waals surface area contributed by atoms with Crippen LogP contribution in [0.25, 0.3) is 11.0 Å². The summed E-state index contributed by atoms with van der Waals surface area (Å²) in [5.74, 6) is 1.12. The quantitative estimate of drug-likeness (QED) is 0.851. The third kappa shape index (κ3) is 3.45. The van der Waals surface area contributed by atoms with Gasteiger partial charge in [-0.2, -0.15) is 0 Å². The van der Waals surface area contributed by atoms with Gasteiger partial charge in [0.05, 0.1) is 11.6 Å². The normalized spacial score (nSPS) is 11.0. The van der Waals surface area contributed by atoms with E-state index >= 15 is 0 Å². The number of fused-ring (bicyclic) bond motifs is 1. The van der Waals surface area contributed by atoms with Crippen molar-refractivity contribution < 1.29 is 9.53 Å². The summed E-state index contributed by atoms with van der Waals surface area (Å²) >= 11 is 0. The Bertz CT molecular complexity index is 634. The summed E-state index contributed by atoms with van der Waals surface area (Å²) in [6.07, 6.45) is 0.441. The molecule has 0 spiro atoms. The van der Waals surface area contributed by atoms with Gasteiger partial charge in [0.2, 0.25) is 11.9 Å². The molecule has 0 bridgehead atoms. The van der Waals surface area contributed by atoms with Crippen LogP contribution in [0.2, 0.25) is 0 Å². The number of carbonyl (C=O) groups excluding carboxylic acids is 1. The van der Waals surface area contributed by atoms with Gasteiger partial charge < -0.3 is 20.4 Å². The van der Waals surface area contributed by atoms with Crippen LogP contribution in [-0.4, -0.2) is 28.1 Å². The number of benzene rings is 1. The van der Waals surface area contributed by atoms with Crippen LogP contribution in [-0.2, 0) is 11.3 Å². The second-order valence-corrected chi connectivity index (χ2v) is 5.12. The average Bonchev–Trinajstić information content (AvgIpc) is 2.73. The number of nitrogen functional groups attached to an aromatic ring is 1. The van der Waals surface area contributed by atoms with Crippen molar-refractivity contribution in [3.8, 4) is 5.75 Å². The van der Waals surface area contributed by atoms with Gasteiger partial charge in [-0.1, -0.05) is 6.07 Å². The second kappa shape index (κ2) is 6.47. The fraction of sp³-hybridized carbons (Fsp3) is 0.467. The van der Waals surface area contributed by atoms with Gasteiger partial charge in [-0.05, 0) is 32.9 Å². The van der Waals surface area contributed by atoms with E-state index in [1.54, 1.807) is 0 Å². The van der Waals surface area contributed by atoms with Gasteiger partial charge in [-0.25, -0.2) is 4.98 Å². The Labute approximate surface area is 124 Å². The number of nitrogens with zero attached hydrogens (tertiary/aromatic N) is 2. The predicted molar refractivity (Wildman–Crippen MR) is 83.2 cm³/mol. The molecule has 2 rings (SSSR count). The van der Waals surface area contributed by atoms with Crippen LogP contribution in [0.4, 0.5) is 5.95 Å². The number of anilines is 1. The van der Waals surface area contributed by atoms with Gasteiger partial charge in [0.25, 0.3) is 0 Å². The van der Waals surface area contributed by atoms with Crippen molar-refractivity contribution in [2.24, 2.45) is 0 Å². The number of imidazole rings is 1. The Morgan fingerprint density at radius 2 is 2.24 bits per heavy atom. The van der Waals surface area contributed by atoms with E-state index in [1.165, 1.54) is 0 Å². The summed E-state index contributed by atoms with van der Waals surface area (Å²) in [5, 5.41) is 2.77. The Kier molecular flexibility index (Phi) is 4.67. The summed E-state index contributed by atoms with van der Waals surface area (Å²) in [6, 6.07) is 5.72. The molecule has 0 unspecified atom stereocenters. The number of para-hydroxylation sites is 1. The van der Waals surface area contributed by atoms with Crippen molar-refractivity contribution in [3.05, 3.63) is 18.2 Å². The molecule has 1 aromatic carbocycles. The maximum Gasteiger partial charge on any atom is 0.221 e. The summed E-state index contributed by atoms with van der Waals surface area (Å²) < 4.78 is 7.59. The van der Waals surface area contributed by atoms with E-state index in [9.17, 15) is 4.79 Å². The van der Waals surface area contributed by atoms with E-state index in [4.69, 9.17) is 10.5 Å². The number of hydrogen-bond acceptors (Lipinski definition) is 4. The van der Waals surface area contributed by atoms with E-state index in [0.717, 1.165) is 11.0 Å². The smallest absolute Gasteiger partial charge is 0.221 e. The Morgan fingerprint density at radius 1 is 1.48 bits per heavy atom. The summed E-state index contributed by atoms with van der Waals surface area (Å²) in [4.78, 5) is 16.0. The molecule has 0 aliphatic heterocycles. The molecule has 6 nitrogen and oxygen atoms in total. The zero-order valence-corrected chi connectivity index (χ0v) is 12.7. The lowest BCUT2D eigenvalue weighted by Gasteiger charge is -2.10. The first-order valence-corrected chi connectivity index (χ1v) is 7.21. The number of aromatic nitrogens is 2. The topological polar surface area (TPSA) is 82.2 Å². The fourth-order valence-corrected chi connectivity index (χ4v) is 2.22. The van der Waals surface area contributed by atoms with Crippen LogP contribution in [0.3, 0.4) is 0 Å². The minimum atomic E-state index is 0.00772. The first-order valence-electron chi connectivity index (χ1n) is 7.21. The number of nitrogens with two attached hydrogens (primary N) is 1. The monoisotopic (exact) mass is 290 g/mol. The van der Waals surface area contributed by atoms with Crippen molar-refractivity contribution >= 4 is 22.9 Å². The molecule has 0 saturated heterocycles. The molecule has 3 N–H and O–H groups in total. The van der Waals surface area contributed by atoms with Gasteiger partial charge in [0.1, 0.15) is 11.3 Å². The fourth-order valence-electron chi connectivity index (χ4n) is 2.22. The number of nitrogens with one attached hydrogen (secondary N) is 1. The van der Waals surface area contributed by atoms with Gasteiger partial charge >= 0.3 is 0 Å². The van der Waals surface area contributed by atoms with Gasteiger partial charge in [-0.15, -0.1) is 0 Å². The molecular weight excluding hydrogens is 268 g/mol. The molecule has 0 atom stereocenters. The van der Waals surface area contributed by atoms with Crippen LogP contribution in [0.15, 0.2) is 18.2 Å². The number of aryl methyl sites for hydroxylation is 1. The maximum absolute atomic E-state index is 11.6. The molecule has 0 aliphatic carbocycles. The average molecular weight is 290 g/mol. The van der Waals surface area contributed by atoms with Crippen LogP contribution < -0.4 is 15.8 Å². The minimum Gasteiger partial charge on any atom is -0.489 e. The molecule has 0 radical (unpaired) electrons. The van der Waals surface area contributed by atoms with Crippen molar-refractivity contribution in [2.45, 2.75) is 39.8 Å². The Balaban J connectivity index is 2.28. The molecule has 114 valence electrons. The van der Waals surface area contributed by atoms with Gasteiger partial charge in [-0.3, -0.25) is 4.79 Å². The Hall–Kier alpha value is -2.24. The minimum absolute atomic E-state index is 0.00772. The molecular formula is C15H22N4O2. The van der Waals surface area contributed by atoms with Gasteiger partial charge in [0.15, 0.2) is 0 Å². The molecule has 6 heteroatoms. The lowest BCUT2D eigenvalue weighted by atomic mass is 10.2. The lowest BCUT2D eigenvalue weighted by Crippen LogP contribution is -2.24. The van der Waals surface area contributed by atoms with Crippen molar-refractivity contribution in [1.82, 2.24) is 14.9 Å². The van der Waals surface area contributed by atoms with E-state index in [1.807, 2.05) is 43.5 Å². The van der Waals surface area contributed by atoms with Crippen LogP contribution in [0.5, 0.6) is 5.75 Å². The van der Waals surface area contributed by atoms with E-state index in [0.29, 0.717) is 31.2 Å². The third-order valence-corrected chi connectivity index (χ3v) is 3.07. The number of hydrogen-bond donors (Lipinski definition) is 2. The zero-order chi connectivity index (χ0) is 15.4. The molecule has 0 saturated carbocycles.